The zero-order valence-electron chi connectivity index (χ0n) is 27.6. The van der Waals surface area contributed by atoms with Gasteiger partial charge in [-0.05, 0) is 55.0 Å². The Morgan fingerprint density at radius 2 is 1.75 bits per heavy atom. The number of aliphatic hydroxyl groups excluding tert-OH is 1. The highest BCUT2D eigenvalue weighted by atomic mass is 35.5. The number of carbonyl (C=O) groups excluding carboxylic acids is 1. The minimum absolute atomic E-state index is 0.0200. The van der Waals surface area contributed by atoms with Gasteiger partial charge in [0.2, 0.25) is 0 Å². The Morgan fingerprint density at radius 3 is 2.52 bits per heavy atom. The molecule has 0 amide bonds. The van der Waals surface area contributed by atoms with E-state index < -0.39 is 5.97 Å². The molecule has 0 atom stereocenters. The molecule has 12 heteroatoms. The van der Waals surface area contributed by atoms with Crippen LogP contribution in [0.1, 0.15) is 45.2 Å². The van der Waals surface area contributed by atoms with Gasteiger partial charge in [-0.15, -0.1) is 23.5 Å². The average molecular weight is 704 g/mol. The van der Waals surface area contributed by atoms with Crippen LogP contribution in [0, 0.1) is 6.92 Å². The van der Waals surface area contributed by atoms with Crippen molar-refractivity contribution < 1.29 is 19.7 Å². The van der Waals surface area contributed by atoms with E-state index in [4.69, 9.17) is 26.5 Å². The summed E-state index contributed by atoms with van der Waals surface area (Å²) in [5.74, 6) is 1.97. The van der Waals surface area contributed by atoms with Gasteiger partial charge in [0, 0.05) is 77.5 Å². The molecule has 0 aliphatic carbocycles. The van der Waals surface area contributed by atoms with Crippen molar-refractivity contribution in [2.75, 3.05) is 13.7 Å². The van der Waals surface area contributed by atoms with Gasteiger partial charge in [-0.2, -0.15) is 10.2 Å². The number of ether oxygens (including phenoxy) is 1. The molecule has 0 fully saturated rings. The zero-order valence-corrected chi connectivity index (χ0v) is 30.0. The number of hydrogen-bond donors (Lipinski definition) is 2. The molecule has 2 N–H and O–H groups in total. The summed E-state index contributed by atoms with van der Waals surface area (Å²) in [4.78, 5) is 14.0. The lowest BCUT2D eigenvalue weighted by Gasteiger charge is -2.12. The molecule has 0 unspecified atom stereocenters. The molecule has 48 heavy (non-hydrogen) atoms. The number of rotatable bonds is 12. The summed E-state index contributed by atoms with van der Waals surface area (Å²) < 4.78 is 10.9. The molecule has 3 heterocycles. The van der Waals surface area contributed by atoms with Crippen LogP contribution in [-0.4, -0.2) is 54.0 Å². The fraction of sp³-hybridized carbons (Fsp3) is 0.306. The number of benzene rings is 3. The lowest BCUT2D eigenvalue weighted by atomic mass is 9.98. The van der Waals surface area contributed by atoms with Gasteiger partial charge in [0.15, 0.2) is 0 Å². The quantitative estimate of drug-likeness (QED) is 0.0993. The number of hydrogen-bond acceptors (Lipinski definition) is 8. The lowest BCUT2D eigenvalue weighted by molar-refractivity contribution is 0.0589. The number of methoxy groups -OCH3 is 1. The Morgan fingerprint density at radius 1 is 0.958 bits per heavy atom. The fourth-order valence-corrected chi connectivity index (χ4v) is 8.65. The molecule has 250 valence electrons. The Labute approximate surface area is 292 Å². The molecule has 0 saturated carbocycles. The van der Waals surface area contributed by atoms with E-state index >= 15 is 0 Å². The second-order valence-electron chi connectivity index (χ2n) is 11.7. The maximum absolute atomic E-state index is 13.0. The van der Waals surface area contributed by atoms with Crippen molar-refractivity contribution in [2.45, 2.75) is 41.9 Å². The molecular weight excluding hydrogens is 666 g/mol. The van der Waals surface area contributed by atoms with Crippen molar-refractivity contribution in [1.29, 1.82) is 0 Å². The van der Waals surface area contributed by atoms with E-state index in [1.165, 1.54) is 7.11 Å². The van der Waals surface area contributed by atoms with Crippen molar-refractivity contribution in [3.8, 4) is 16.9 Å². The molecule has 6 rings (SSSR count). The molecule has 0 radical (unpaired) electrons. The standard InChI is InChI=1S/C36H38ClN5O4S2/c1-21-32(33-29(37)13-12-28-27(11-8-14-43)35(36(45)46-5)40(2)34(28)33)30(42(4)38-21)20-47-18-23-16-24(41(3)39-23)19-48-25-15-22-9-6-7-10-26(22)31(44)17-25/h6-7,9-10,12-13,15-17,43-44H,8,11,14,18-20H2,1-5H3. The molecule has 3 aromatic heterocycles. The molecule has 3 aromatic carbocycles. The van der Waals surface area contributed by atoms with Crippen LogP contribution in [0.15, 0.2) is 59.5 Å². The van der Waals surface area contributed by atoms with E-state index in [2.05, 4.69) is 12.1 Å². The highest BCUT2D eigenvalue weighted by Gasteiger charge is 2.27. The maximum Gasteiger partial charge on any atom is 0.354 e. The Kier molecular flexibility index (Phi) is 10.1. The smallest absolute Gasteiger partial charge is 0.354 e. The van der Waals surface area contributed by atoms with Crippen molar-refractivity contribution in [3.05, 3.63) is 93.7 Å². The number of carbonyl (C=O) groups is 1. The van der Waals surface area contributed by atoms with Gasteiger partial charge in [0.25, 0.3) is 0 Å². The fourth-order valence-electron chi connectivity index (χ4n) is 6.43. The number of aromatic hydroxyl groups is 1. The van der Waals surface area contributed by atoms with Crippen LogP contribution in [0.2, 0.25) is 5.02 Å². The molecule has 6 aromatic rings. The number of aliphatic hydroxyl groups is 1. The van der Waals surface area contributed by atoms with Crippen molar-refractivity contribution in [3.63, 3.8) is 0 Å². The van der Waals surface area contributed by atoms with E-state index in [0.717, 1.165) is 71.8 Å². The van der Waals surface area contributed by atoms with Gasteiger partial charge >= 0.3 is 5.97 Å². The van der Waals surface area contributed by atoms with E-state index in [-0.39, 0.29) is 12.4 Å². The van der Waals surface area contributed by atoms with Crippen LogP contribution >= 0.6 is 35.1 Å². The van der Waals surface area contributed by atoms with Crippen molar-refractivity contribution in [1.82, 2.24) is 24.1 Å². The average Bonchev–Trinajstić information content (AvgIpc) is 3.67. The predicted octanol–water partition coefficient (Wildman–Crippen LogP) is 7.57. The van der Waals surface area contributed by atoms with E-state index in [9.17, 15) is 15.0 Å². The van der Waals surface area contributed by atoms with Gasteiger partial charge in [-0.25, -0.2) is 4.79 Å². The highest BCUT2D eigenvalue weighted by molar-refractivity contribution is 7.98. The molecule has 0 spiro atoms. The zero-order chi connectivity index (χ0) is 34.1. The van der Waals surface area contributed by atoms with E-state index in [0.29, 0.717) is 35.1 Å². The second-order valence-corrected chi connectivity index (χ2v) is 14.2. The minimum Gasteiger partial charge on any atom is -0.507 e. The van der Waals surface area contributed by atoms with Gasteiger partial charge < -0.3 is 19.5 Å². The molecule has 0 aliphatic heterocycles. The Hall–Kier alpha value is -3.90. The van der Waals surface area contributed by atoms with Crippen LogP contribution in [0.5, 0.6) is 5.75 Å². The maximum atomic E-state index is 13.0. The van der Waals surface area contributed by atoms with Crippen LogP contribution in [-0.2, 0) is 49.6 Å². The molecule has 0 aliphatic rings. The Bertz CT molecular complexity index is 2150. The summed E-state index contributed by atoms with van der Waals surface area (Å²) >= 11 is 10.4. The van der Waals surface area contributed by atoms with Crippen LogP contribution in [0.4, 0.5) is 0 Å². The molecule has 9 nitrogen and oxygen atoms in total. The minimum atomic E-state index is -0.425. The number of phenolic OH excluding ortho intramolecular Hbond substituents is 1. The van der Waals surface area contributed by atoms with Crippen molar-refractivity contribution >= 4 is 62.8 Å². The largest absolute Gasteiger partial charge is 0.507 e. The first-order valence-electron chi connectivity index (χ1n) is 15.6. The number of aryl methyl sites for hydroxylation is 5. The second kappa shape index (κ2) is 14.3. The van der Waals surface area contributed by atoms with Crippen molar-refractivity contribution in [2.24, 2.45) is 21.1 Å². The third-order valence-electron chi connectivity index (χ3n) is 8.68. The summed E-state index contributed by atoms with van der Waals surface area (Å²) in [6, 6.07) is 17.7. The topological polar surface area (TPSA) is 107 Å². The van der Waals surface area contributed by atoms with Gasteiger partial charge in [-0.3, -0.25) is 9.36 Å². The van der Waals surface area contributed by atoms with Gasteiger partial charge in [0.1, 0.15) is 11.4 Å². The first-order valence-corrected chi connectivity index (χ1v) is 18.1. The summed E-state index contributed by atoms with van der Waals surface area (Å²) in [5, 5.41) is 33.0. The number of aromatic nitrogens is 5. The SMILES string of the molecule is COC(=O)c1c(CCCO)c2ccc(Cl)c(-c3c(C)nn(C)c3CSCc3cc(CSc4cc(O)c5ccccc5c4)n(C)n3)c2n1C. The lowest BCUT2D eigenvalue weighted by Crippen LogP contribution is -2.10. The Balaban J connectivity index is 1.24. The van der Waals surface area contributed by atoms with Gasteiger partial charge in [0.05, 0.1) is 34.7 Å². The monoisotopic (exact) mass is 703 g/mol. The normalized spacial score (nSPS) is 11.6. The first-order chi connectivity index (χ1) is 23.1. The first kappa shape index (κ1) is 34.0. The van der Waals surface area contributed by atoms with Crippen LogP contribution in [0.25, 0.3) is 32.8 Å². The number of halogens is 1. The number of fused-ring (bicyclic) bond motifs is 2. The molecular formula is C36H38ClN5O4S2. The number of thioether (sulfide) groups is 2. The van der Waals surface area contributed by atoms with E-state index in [1.807, 2.05) is 84.5 Å². The van der Waals surface area contributed by atoms with Crippen LogP contribution in [0.3, 0.4) is 0 Å². The van der Waals surface area contributed by atoms with Crippen LogP contribution < -0.4 is 0 Å². The van der Waals surface area contributed by atoms with E-state index in [1.54, 1.807) is 23.5 Å². The predicted molar refractivity (Wildman–Crippen MR) is 195 cm³/mol. The third kappa shape index (κ3) is 6.44. The summed E-state index contributed by atoms with van der Waals surface area (Å²) in [6.07, 6.45) is 1.05. The third-order valence-corrected chi connectivity index (χ3v) is 11.0. The number of nitrogens with zero attached hydrogens (tertiary/aromatic N) is 5. The number of esters is 1. The summed E-state index contributed by atoms with van der Waals surface area (Å²) in [6.45, 7) is 2.00. The summed E-state index contributed by atoms with van der Waals surface area (Å²) in [7, 11) is 7.14. The van der Waals surface area contributed by atoms with Gasteiger partial charge in [-0.1, -0.05) is 41.9 Å². The molecule has 0 bridgehead atoms. The summed E-state index contributed by atoms with van der Waals surface area (Å²) in [5.41, 5.74) is 7.86. The molecule has 0 saturated heterocycles. The highest BCUT2D eigenvalue weighted by Crippen LogP contribution is 2.43. The number of phenols is 1.